The highest BCUT2D eigenvalue weighted by Gasteiger charge is 2.32. The van der Waals surface area contributed by atoms with Crippen LogP contribution in [0.25, 0.3) is 6.08 Å². The summed E-state index contributed by atoms with van der Waals surface area (Å²) in [6.45, 7) is 0.696. The summed E-state index contributed by atoms with van der Waals surface area (Å²) in [7, 11) is 3.86. The molecular weight excluding hydrogens is 414 g/mol. The number of thioether (sulfide) groups is 1. The maximum atomic E-state index is 12.6. The van der Waals surface area contributed by atoms with Crippen LogP contribution < -0.4 is 5.32 Å². The molecule has 0 spiro atoms. The maximum Gasteiger partial charge on any atom is 0.266 e. The fourth-order valence-corrected chi connectivity index (χ4v) is 4.76. The molecule has 0 radical (unpaired) electrons. The summed E-state index contributed by atoms with van der Waals surface area (Å²) < 4.78 is 5.93. The SMILES string of the molecule is CN(C)C(CNC(=O)CCN1C(=O)/C(=C/c2cccs2)SC1=S)c1ccco1. The first-order valence-corrected chi connectivity index (χ1v) is 10.8. The van der Waals surface area contributed by atoms with Gasteiger partial charge in [0.15, 0.2) is 0 Å². The molecule has 1 N–H and O–H groups in total. The second-order valence-electron chi connectivity index (χ2n) is 6.40. The van der Waals surface area contributed by atoms with Crippen LogP contribution in [-0.4, -0.2) is 53.1 Å². The molecule has 3 rings (SSSR count). The van der Waals surface area contributed by atoms with Crippen molar-refractivity contribution in [2.45, 2.75) is 12.5 Å². The lowest BCUT2D eigenvalue weighted by molar-refractivity contribution is -0.124. The van der Waals surface area contributed by atoms with Crippen molar-refractivity contribution in [3.63, 3.8) is 0 Å². The lowest BCUT2D eigenvalue weighted by atomic mass is 10.2. The summed E-state index contributed by atoms with van der Waals surface area (Å²) in [6, 6.07) is 7.55. The first-order valence-electron chi connectivity index (χ1n) is 8.71. The van der Waals surface area contributed by atoms with E-state index in [-0.39, 0.29) is 30.8 Å². The Morgan fingerprint density at radius 3 is 2.86 bits per heavy atom. The molecule has 6 nitrogen and oxygen atoms in total. The lowest BCUT2D eigenvalue weighted by Gasteiger charge is -2.22. The van der Waals surface area contributed by atoms with Crippen LogP contribution in [0.15, 0.2) is 45.2 Å². The quantitative estimate of drug-likeness (QED) is 0.507. The van der Waals surface area contributed by atoms with Crippen molar-refractivity contribution in [3.05, 3.63) is 51.5 Å². The fourth-order valence-electron chi connectivity index (χ4n) is 2.73. The van der Waals surface area contributed by atoms with Crippen LogP contribution in [-0.2, 0) is 9.59 Å². The molecular formula is C19H21N3O3S3. The Labute approximate surface area is 177 Å². The van der Waals surface area contributed by atoms with E-state index in [4.69, 9.17) is 16.6 Å². The second-order valence-corrected chi connectivity index (χ2v) is 9.05. The summed E-state index contributed by atoms with van der Waals surface area (Å²) in [5.41, 5.74) is 0. The highest BCUT2D eigenvalue weighted by molar-refractivity contribution is 8.26. The molecule has 1 fully saturated rings. The van der Waals surface area contributed by atoms with Crippen molar-refractivity contribution in [2.75, 3.05) is 27.2 Å². The first kappa shape index (κ1) is 20.8. The number of thiophene rings is 1. The Balaban J connectivity index is 1.51. The molecule has 1 aliphatic heterocycles. The van der Waals surface area contributed by atoms with Crippen LogP contribution in [0.5, 0.6) is 0 Å². The van der Waals surface area contributed by atoms with Gasteiger partial charge >= 0.3 is 0 Å². The minimum absolute atomic E-state index is 0.0515. The predicted octanol–water partition coefficient (Wildman–Crippen LogP) is 3.35. The minimum Gasteiger partial charge on any atom is -0.468 e. The topological polar surface area (TPSA) is 65.8 Å². The highest BCUT2D eigenvalue weighted by Crippen LogP contribution is 2.33. The van der Waals surface area contributed by atoms with Crippen molar-refractivity contribution >= 4 is 57.5 Å². The molecule has 0 aromatic carbocycles. The zero-order chi connectivity index (χ0) is 20.1. The number of hydrogen-bond donors (Lipinski definition) is 1. The molecule has 2 amide bonds. The fraction of sp³-hybridized carbons (Fsp3) is 0.316. The summed E-state index contributed by atoms with van der Waals surface area (Å²) in [5, 5.41) is 4.87. The van der Waals surface area contributed by atoms with Gasteiger partial charge in [0.25, 0.3) is 5.91 Å². The number of nitrogens with zero attached hydrogens (tertiary/aromatic N) is 2. The molecule has 9 heteroatoms. The molecule has 0 bridgehead atoms. The van der Waals surface area contributed by atoms with Crippen LogP contribution in [0.4, 0.5) is 0 Å². The van der Waals surface area contributed by atoms with Crippen molar-refractivity contribution in [2.24, 2.45) is 0 Å². The van der Waals surface area contributed by atoms with Gasteiger partial charge in [-0.05, 0) is 43.8 Å². The third-order valence-corrected chi connectivity index (χ3v) is 6.44. The number of carbonyl (C=O) groups is 2. The van der Waals surface area contributed by atoms with Crippen LogP contribution >= 0.6 is 35.3 Å². The van der Waals surface area contributed by atoms with Crippen LogP contribution in [0, 0.1) is 0 Å². The van der Waals surface area contributed by atoms with Gasteiger partial charge in [0.1, 0.15) is 10.1 Å². The summed E-state index contributed by atoms with van der Waals surface area (Å²) in [4.78, 5) is 29.9. The van der Waals surface area contributed by atoms with Gasteiger partial charge < -0.3 is 9.73 Å². The summed E-state index contributed by atoms with van der Waals surface area (Å²) >= 11 is 8.16. The molecule has 1 atom stereocenters. The number of rotatable bonds is 8. The Morgan fingerprint density at radius 2 is 2.21 bits per heavy atom. The molecule has 2 aromatic heterocycles. The second kappa shape index (κ2) is 9.51. The summed E-state index contributed by atoms with van der Waals surface area (Å²) in [6.07, 6.45) is 3.65. The Morgan fingerprint density at radius 1 is 1.39 bits per heavy atom. The number of likely N-dealkylation sites (N-methyl/N-ethyl adjacent to an activating group) is 1. The van der Waals surface area contributed by atoms with Crippen LogP contribution in [0.1, 0.15) is 23.1 Å². The van der Waals surface area contributed by atoms with E-state index in [0.717, 1.165) is 10.6 Å². The molecule has 2 aromatic rings. The van der Waals surface area contributed by atoms with Gasteiger partial charge in [-0.3, -0.25) is 19.4 Å². The van der Waals surface area contributed by atoms with E-state index in [1.165, 1.54) is 16.7 Å². The van der Waals surface area contributed by atoms with E-state index in [9.17, 15) is 9.59 Å². The molecule has 0 aliphatic carbocycles. The van der Waals surface area contributed by atoms with Gasteiger partial charge in [-0.15, -0.1) is 11.3 Å². The molecule has 28 heavy (non-hydrogen) atoms. The van der Waals surface area contributed by atoms with Crippen molar-refractivity contribution in [1.29, 1.82) is 0 Å². The predicted molar refractivity (Wildman–Crippen MR) is 117 cm³/mol. The monoisotopic (exact) mass is 435 g/mol. The summed E-state index contributed by atoms with van der Waals surface area (Å²) in [5.74, 6) is 0.522. The molecule has 0 saturated carbocycles. The molecule has 3 heterocycles. The molecule has 1 saturated heterocycles. The number of carbonyl (C=O) groups excluding carboxylic acids is 2. The van der Waals surface area contributed by atoms with Crippen molar-refractivity contribution in [1.82, 2.24) is 15.1 Å². The number of hydrogen-bond acceptors (Lipinski definition) is 7. The smallest absolute Gasteiger partial charge is 0.266 e. The number of amides is 2. The zero-order valence-electron chi connectivity index (χ0n) is 15.6. The van der Waals surface area contributed by atoms with E-state index < -0.39 is 0 Å². The van der Waals surface area contributed by atoms with Crippen LogP contribution in [0.2, 0.25) is 0 Å². The third-order valence-electron chi connectivity index (χ3n) is 4.24. The van der Waals surface area contributed by atoms with Gasteiger partial charge in [-0.25, -0.2) is 0 Å². The van der Waals surface area contributed by atoms with E-state index in [2.05, 4.69) is 5.32 Å². The maximum absolute atomic E-state index is 12.6. The average molecular weight is 436 g/mol. The number of furan rings is 1. The highest BCUT2D eigenvalue weighted by atomic mass is 32.2. The standard InChI is InChI=1S/C19H21N3O3S3/c1-21(2)14(15-6-3-9-25-15)12-20-17(23)7-8-22-18(24)16(28-19(22)26)11-13-5-4-10-27-13/h3-6,9-11,14H,7-8,12H2,1-2H3,(H,20,23)/b16-11-. The van der Waals surface area contributed by atoms with E-state index >= 15 is 0 Å². The van der Waals surface area contributed by atoms with Gasteiger partial charge in [0.2, 0.25) is 5.91 Å². The normalized spacial score (nSPS) is 17.0. The van der Waals surface area contributed by atoms with Gasteiger partial charge in [-0.1, -0.05) is 30.0 Å². The van der Waals surface area contributed by atoms with E-state index in [1.54, 1.807) is 17.6 Å². The number of nitrogens with one attached hydrogen (secondary N) is 1. The van der Waals surface area contributed by atoms with Crippen molar-refractivity contribution in [3.8, 4) is 0 Å². The molecule has 1 unspecified atom stereocenters. The van der Waals surface area contributed by atoms with Crippen molar-refractivity contribution < 1.29 is 14.0 Å². The van der Waals surface area contributed by atoms with Crippen LogP contribution in [0.3, 0.4) is 0 Å². The third kappa shape index (κ3) is 5.11. The zero-order valence-corrected chi connectivity index (χ0v) is 18.0. The first-order chi connectivity index (χ1) is 13.5. The van der Waals surface area contributed by atoms with E-state index in [1.807, 2.05) is 54.7 Å². The van der Waals surface area contributed by atoms with Gasteiger partial charge in [0, 0.05) is 24.4 Å². The Hall–Kier alpha value is -1.94. The molecule has 1 aliphatic rings. The largest absolute Gasteiger partial charge is 0.468 e. The lowest BCUT2D eigenvalue weighted by Crippen LogP contribution is -2.37. The van der Waals surface area contributed by atoms with Gasteiger partial charge in [-0.2, -0.15) is 0 Å². The van der Waals surface area contributed by atoms with Gasteiger partial charge in [0.05, 0.1) is 17.2 Å². The average Bonchev–Trinajstić information content (AvgIpc) is 3.38. The Bertz CT molecular complexity index is 860. The minimum atomic E-state index is -0.141. The Kier molecular flexibility index (Phi) is 7.06. The number of thiocarbonyl (C=S) groups is 1. The van der Waals surface area contributed by atoms with E-state index in [0.29, 0.717) is 15.8 Å². The molecule has 148 valence electrons.